The molecular formula is C21H26N2O4. The summed E-state index contributed by atoms with van der Waals surface area (Å²) in [6.45, 7) is 1.78. The molecule has 2 aliphatic heterocycles. The lowest BCUT2D eigenvalue weighted by atomic mass is 10.0. The van der Waals surface area contributed by atoms with Crippen molar-refractivity contribution in [3.8, 4) is 11.5 Å². The van der Waals surface area contributed by atoms with Crippen molar-refractivity contribution in [3.05, 3.63) is 18.2 Å². The minimum absolute atomic E-state index is 0.00571. The lowest BCUT2D eigenvalue weighted by molar-refractivity contribution is -0.131. The van der Waals surface area contributed by atoms with E-state index in [1.165, 1.54) is 25.7 Å². The van der Waals surface area contributed by atoms with E-state index in [0.717, 1.165) is 31.6 Å². The Hall–Kier alpha value is -2.24. The SMILES string of the molecule is O=C(Nc1ccc2c(c1)OCO2)[C@@H]1C[C@]12CCN(C(=O)CC1CCCC1)C2. The molecule has 2 atom stereocenters. The van der Waals surface area contributed by atoms with Crippen molar-refractivity contribution in [3.63, 3.8) is 0 Å². The van der Waals surface area contributed by atoms with Crippen molar-refractivity contribution in [2.45, 2.75) is 44.9 Å². The average Bonchev–Trinajstić information content (AvgIpc) is 3.10. The van der Waals surface area contributed by atoms with E-state index in [4.69, 9.17) is 9.47 Å². The average molecular weight is 370 g/mol. The first-order chi connectivity index (χ1) is 13.1. The summed E-state index contributed by atoms with van der Waals surface area (Å²) >= 11 is 0. The number of rotatable bonds is 4. The molecular weight excluding hydrogens is 344 g/mol. The summed E-state index contributed by atoms with van der Waals surface area (Å²) in [5.74, 6) is 2.32. The fourth-order valence-electron chi connectivity index (χ4n) is 5.07. The summed E-state index contributed by atoms with van der Waals surface area (Å²) in [5.41, 5.74) is 0.740. The lowest BCUT2D eigenvalue weighted by Gasteiger charge is -2.19. The van der Waals surface area contributed by atoms with Gasteiger partial charge in [-0.3, -0.25) is 9.59 Å². The monoisotopic (exact) mass is 370 g/mol. The molecule has 2 heterocycles. The van der Waals surface area contributed by atoms with Gasteiger partial charge < -0.3 is 19.7 Å². The third-order valence-electron chi connectivity index (χ3n) is 6.82. The third kappa shape index (κ3) is 3.15. The molecule has 6 nitrogen and oxygen atoms in total. The Kier molecular flexibility index (Phi) is 4.02. The number of anilines is 1. The van der Waals surface area contributed by atoms with E-state index in [2.05, 4.69) is 5.32 Å². The highest BCUT2D eigenvalue weighted by Gasteiger charge is 2.61. The number of carbonyl (C=O) groups is 2. The zero-order valence-corrected chi connectivity index (χ0v) is 15.5. The number of nitrogens with one attached hydrogen (secondary N) is 1. The molecule has 2 amide bonds. The highest BCUT2D eigenvalue weighted by atomic mass is 16.7. The van der Waals surface area contributed by atoms with Gasteiger partial charge in [-0.15, -0.1) is 0 Å². The van der Waals surface area contributed by atoms with Crippen LogP contribution in [0.3, 0.4) is 0 Å². The van der Waals surface area contributed by atoms with Crippen molar-refractivity contribution in [2.24, 2.45) is 17.3 Å². The van der Waals surface area contributed by atoms with Gasteiger partial charge in [0.25, 0.3) is 0 Å². The fraction of sp³-hybridized carbons (Fsp3) is 0.619. The number of carbonyl (C=O) groups excluding carboxylic acids is 2. The van der Waals surface area contributed by atoms with Crippen LogP contribution in [0.15, 0.2) is 18.2 Å². The Balaban J connectivity index is 1.16. The maximum Gasteiger partial charge on any atom is 0.231 e. The zero-order chi connectivity index (χ0) is 18.4. The van der Waals surface area contributed by atoms with Gasteiger partial charge in [-0.2, -0.15) is 0 Å². The molecule has 1 N–H and O–H groups in total. The molecule has 6 heteroatoms. The molecule has 1 aromatic rings. The summed E-state index contributed by atoms with van der Waals surface area (Å²) in [5, 5.41) is 3.01. The van der Waals surface area contributed by atoms with E-state index in [1.807, 2.05) is 17.0 Å². The van der Waals surface area contributed by atoms with Gasteiger partial charge in [0, 0.05) is 42.6 Å². The van der Waals surface area contributed by atoms with Gasteiger partial charge in [0.1, 0.15) is 0 Å². The summed E-state index contributed by atoms with van der Waals surface area (Å²) in [6.07, 6.45) is 7.47. The second-order valence-corrected chi connectivity index (χ2v) is 8.60. The van der Waals surface area contributed by atoms with Crippen LogP contribution in [0.2, 0.25) is 0 Å². The van der Waals surface area contributed by atoms with E-state index in [-0.39, 0.29) is 24.0 Å². The molecule has 5 rings (SSSR count). The van der Waals surface area contributed by atoms with Crippen LogP contribution in [0.25, 0.3) is 0 Å². The van der Waals surface area contributed by atoms with Crippen LogP contribution in [0.4, 0.5) is 5.69 Å². The van der Waals surface area contributed by atoms with Crippen LogP contribution in [0.1, 0.15) is 44.9 Å². The largest absolute Gasteiger partial charge is 0.454 e. The summed E-state index contributed by atoms with van der Waals surface area (Å²) in [4.78, 5) is 27.3. The quantitative estimate of drug-likeness (QED) is 0.884. The number of hydrogen-bond donors (Lipinski definition) is 1. The van der Waals surface area contributed by atoms with Gasteiger partial charge in [0.05, 0.1) is 0 Å². The van der Waals surface area contributed by atoms with Crippen LogP contribution < -0.4 is 14.8 Å². The Labute approximate surface area is 159 Å². The summed E-state index contributed by atoms with van der Waals surface area (Å²) < 4.78 is 10.7. The first kappa shape index (κ1) is 16.9. The van der Waals surface area contributed by atoms with Crippen molar-refractivity contribution < 1.29 is 19.1 Å². The number of ether oxygens (including phenoxy) is 2. The van der Waals surface area contributed by atoms with Crippen LogP contribution in [-0.4, -0.2) is 36.6 Å². The van der Waals surface area contributed by atoms with Gasteiger partial charge >= 0.3 is 0 Å². The van der Waals surface area contributed by atoms with Gasteiger partial charge in [0.15, 0.2) is 11.5 Å². The molecule has 0 unspecified atom stereocenters. The number of amides is 2. The fourth-order valence-corrected chi connectivity index (χ4v) is 5.07. The van der Waals surface area contributed by atoms with Crippen LogP contribution >= 0.6 is 0 Å². The first-order valence-corrected chi connectivity index (χ1v) is 10.1. The number of likely N-dealkylation sites (tertiary alicyclic amines) is 1. The van der Waals surface area contributed by atoms with E-state index >= 15 is 0 Å². The molecule has 0 radical (unpaired) electrons. The Bertz CT molecular complexity index is 773. The van der Waals surface area contributed by atoms with Crippen molar-refractivity contribution >= 4 is 17.5 Å². The molecule has 1 saturated heterocycles. The molecule has 1 spiro atoms. The van der Waals surface area contributed by atoms with Crippen LogP contribution in [0, 0.1) is 17.3 Å². The van der Waals surface area contributed by atoms with Gasteiger partial charge in [0.2, 0.25) is 18.6 Å². The molecule has 0 aromatic heterocycles. The first-order valence-electron chi connectivity index (χ1n) is 10.1. The van der Waals surface area contributed by atoms with Gasteiger partial charge in [-0.1, -0.05) is 12.8 Å². The molecule has 4 aliphatic rings. The molecule has 1 aromatic carbocycles. The van der Waals surface area contributed by atoms with E-state index in [0.29, 0.717) is 29.7 Å². The van der Waals surface area contributed by atoms with Crippen molar-refractivity contribution in [1.82, 2.24) is 4.90 Å². The maximum atomic E-state index is 12.7. The second kappa shape index (κ2) is 6.43. The Morgan fingerprint density at radius 2 is 2.00 bits per heavy atom. The van der Waals surface area contributed by atoms with Crippen LogP contribution in [-0.2, 0) is 9.59 Å². The summed E-state index contributed by atoms with van der Waals surface area (Å²) in [6, 6.07) is 5.47. The van der Waals surface area contributed by atoms with Crippen molar-refractivity contribution in [2.75, 3.05) is 25.2 Å². The minimum atomic E-state index is 0.00571. The number of benzene rings is 1. The Morgan fingerprint density at radius 3 is 2.85 bits per heavy atom. The van der Waals surface area contributed by atoms with Gasteiger partial charge in [-0.05, 0) is 43.7 Å². The zero-order valence-electron chi connectivity index (χ0n) is 15.5. The van der Waals surface area contributed by atoms with Crippen LogP contribution in [0.5, 0.6) is 11.5 Å². The topological polar surface area (TPSA) is 67.9 Å². The molecule has 144 valence electrons. The standard InChI is InChI=1S/C21H26N2O4/c24-19(9-14-3-1-2-4-14)23-8-7-21(12-23)11-16(21)20(25)22-15-5-6-17-18(10-15)27-13-26-17/h5-6,10,14,16H,1-4,7-9,11-13H2,(H,22,25)/t16-,21-/m0/s1. The second-order valence-electron chi connectivity index (χ2n) is 8.60. The van der Waals surface area contributed by atoms with E-state index < -0.39 is 0 Å². The number of fused-ring (bicyclic) bond motifs is 1. The van der Waals surface area contributed by atoms with E-state index in [9.17, 15) is 9.59 Å². The normalized spacial score (nSPS) is 28.7. The van der Waals surface area contributed by atoms with E-state index in [1.54, 1.807) is 6.07 Å². The molecule has 2 aliphatic carbocycles. The van der Waals surface area contributed by atoms with Crippen molar-refractivity contribution in [1.29, 1.82) is 0 Å². The molecule has 3 fully saturated rings. The lowest BCUT2D eigenvalue weighted by Crippen LogP contribution is -2.31. The van der Waals surface area contributed by atoms with Gasteiger partial charge in [-0.25, -0.2) is 0 Å². The third-order valence-corrected chi connectivity index (χ3v) is 6.82. The maximum absolute atomic E-state index is 12.7. The Morgan fingerprint density at radius 1 is 1.19 bits per heavy atom. The molecule has 2 saturated carbocycles. The number of nitrogens with zero attached hydrogens (tertiary/aromatic N) is 1. The smallest absolute Gasteiger partial charge is 0.231 e. The minimum Gasteiger partial charge on any atom is -0.454 e. The molecule has 0 bridgehead atoms. The predicted molar refractivity (Wildman–Crippen MR) is 99.5 cm³/mol. The predicted octanol–water partition coefficient (Wildman–Crippen LogP) is 3.17. The summed E-state index contributed by atoms with van der Waals surface area (Å²) in [7, 11) is 0. The highest BCUT2D eigenvalue weighted by molar-refractivity contribution is 5.95. The molecule has 27 heavy (non-hydrogen) atoms. The highest BCUT2D eigenvalue weighted by Crippen LogP contribution is 2.59. The number of hydrogen-bond acceptors (Lipinski definition) is 4.